The molecular formula is C22H21NO5S. The van der Waals surface area contributed by atoms with E-state index in [1.165, 1.54) is 18.9 Å². The summed E-state index contributed by atoms with van der Waals surface area (Å²) in [6.07, 6.45) is 4.38. The van der Waals surface area contributed by atoms with Crippen molar-refractivity contribution in [2.24, 2.45) is 0 Å². The van der Waals surface area contributed by atoms with Crippen LogP contribution in [0.1, 0.15) is 35.2 Å². The lowest BCUT2D eigenvalue weighted by Crippen LogP contribution is -2.37. The maximum absolute atomic E-state index is 13.0. The number of carbonyl (C=O) groups excluding carboxylic acids is 2. The minimum absolute atomic E-state index is 0.126. The van der Waals surface area contributed by atoms with Crippen LogP contribution in [0.25, 0.3) is 6.08 Å². The number of piperidine rings is 1. The Morgan fingerprint density at radius 1 is 1.14 bits per heavy atom. The van der Waals surface area contributed by atoms with Crippen molar-refractivity contribution < 1.29 is 24.2 Å². The number of likely N-dealkylation sites (tertiary alicyclic amines) is 1. The van der Waals surface area contributed by atoms with Crippen molar-refractivity contribution in [1.29, 1.82) is 0 Å². The summed E-state index contributed by atoms with van der Waals surface area (Å²) in [4.78, 5) is 28.3. The van der Waals surface area contributed by atoms with E-state index in [0.717, 1.165) is 19.3 Å². The minimum atomic E-state index is -0.393. The van der Waals surface area contributed by atoms with E-state index in [0.29, 0.717) is 45.5 Å². The predicted octanol–water partition coefficient (Wildman–Crippen LogP) is 4.72. The van der Waals surface area contributed by atoms with Gasteiger partial charge in [-0.05, 0) is 55.2 Å². The Balaban J connectivity index is 1.65. The van der Waals surface area contributed by atoms with E-state index in [9.17, 15) is 14.7 Å². The second-order valence-electron chi connectivity index (χ2n) is 6.92. The number of Topliss-reactive ketones (excluding diaryl/α,β-unsaturated/α-hetero) is 1. The van der Waals surface area contributed by atoms with Gasteiger partial charge in [-0.3, -0.25) is 4.79 Å². The van der Waals surface area contributed by atoms with Crippen molar-refractivity contribution in [2.45, 2.75) is 24.2 Å². The first-order chi connectivity index (χ1) is 14.1. The van der Waals surface area contributed by atoms with Crippen molar-refractivity contribution in [3.05, 3.63) is 52.4 Å². The summed E-state index contributed by atoms with van der Waals surface area (Å²) in [5.41, 5.74) is 1.10. The number of amides is 1. The Hall–Kier alpha value is -2.93. The van der Waals surface area contributed by atoms with Crippen LogP contribution in [0.4, 0.5) is 4.79 Å². The number of rotatable bonds is 3. The quantitative estimate of drug-likeness (QED) is 0.737. The second kappa shape index (κ2) is 8.21. The van der Waals surface area contributed by atoms with Crippen LogP contribution in [0, 0.1) is 0 Å². The molecule has 0 bridgehead atoms. The number of ether oxygens (including phenoxy) is 2. The molecule has 7 heteroatoms. The molecule has 4 rings (SSSR count). The van der Waals surface area contributed by atoms with Crippen LogP contribution in [0.2, 0.25) is 0 Å². The summed E-state index contributed by atoms with van der Waals surface area (Å²) in [6.45, 7) is 1.37. The number of hydrogen-bond donors (Lipinski definition) is 1. The number of benzene rings is 2. The van der Waals surface area contributed by atoms with E-state index in [2.05, 4.69) is 0 Å². The number of allylic oxidation sites excluding steroid dienone is 1. The highest BCUT2D eigenvalue weighted by molar-refractivity contribution is 8.05. The summed E-state index contributed by atoms with van der Waals surface area (Å²) in [6, 6.07) is 9.98. The molecule has 0 aromatic heterocycles. The zero-order valence-corrected chi connectivity index (χ0v) is 16.8. The lowest BCUT2D eigenvalue weighted by molar-refractivity contribution is 0.103. The van der Waals surface area contributed by atoms with Gasteiger partial charge in [0.25, 0.3) is 0 Å². The number of thioether (sulfide) groups is 1. The number of phenolic OH excluding ortho intramolecular Hbond substituents is 1. The molecule has 1 amide bonds. The van der Waals surface area contributed by atoms with Gasteiger partial charge in [-0.2, -0.15) is 0 Å². The topological polar surface area (TPSA) is 76.1 Å². The Labute approximate surface area is 173 Å². The van der Waals surface area contributed by atoms with E-state index < -0.39 is 6.09 Å². The first kappa shape index (κ1) is 19.4. The van der Waals surface area contributed by atoms with E-state index >= 15 is 0 Å². The molecule has 0 unspecified atom stereocenters. The molecule has 2 aromatic carbocycles. The molecule has 6 nitrogen and oxygen atoms in total. The zero-order valence-electron chi connectivity index (χ0n) is 16.0. The second-order valence-corrected chi connectivity index (χ2v) is 7.97. The van der Waals surface area contributed by atoms with E-state index in [1.54, 1.807) is 47.4 Å². The standard InChI is InChI=1S/C22H21NO5S/c1-27-16-8-9-17(28-22(26)23-10-3-2-4-11-23)21-19(16)20(25)18(29-21)13-14-6-5-7-15(24)12-14/h5-9,12-13,24H,2-4,10-11H2,1H3/b18-13-. The normalized spacial score (nSPS) is 17.3. The Morgan fingerprint density at radius 3 is 2.62 bits per heavy atom. The largest absolute Gasteiger partial charge is 0.508 e. The number of carbonyl (C=O) groups is 2. The summed E-state index contributed by atoms with van der Waals surface area (Å²) < 4.78 is 11.0. The lowest BCUT2D eigenvalue weighted by atomic mass is 10.1. The number of nitrogens with zero attached hydrogens (tertiary/aromatic N) is 1. The van der Waals surface area contributed by atoms with Crippen molar-refractivity contribution in [3.63, 3.8) is 0 Å². The van der Waals surface area contributed by atoms with Crippen molar-refractivity contribution >= 4 is 29.7 Å². The molecule has 0 radical (unpaired) electrons. The van der Waals surface area contributed by atoms with Gasteiger partial charge in [-0.1, -0.05) is 23.9 Å². The highest BCUT2D eigenvalue weighted by Gasteiger charge is 2.33. The number of phenols is 1. The third-order valence-corrected chi connectivity index (χ3v) is 6.08. The highest BCUT2D eigenvalue weighted by atomic mass is 32.2. The molecule has 1 saturated heterocycles. The molecule has 1 fully saturated rings. The van der Waals surface area contributed by atoms with Crippen LogP contribution >= 0.6 is 11.8 Å². The van der Waals surface area contributed by atoms with Crippen LogP contribution in [-0.4, -0.2) is 42.1 Å². The van der Waals surface area contributed by atoms with Crippen LogP contribution in [0.3, 0.4) is 0 Å². The monoisotopic (exact) mass is 411 g/mol. The summed E-state index contributed by atoms with van der Waals surface area (Å²) >= 11 is 1.24. The van der Waals surface area contributed by atoms with Gasteiger partial charge in [-0.15, -0.1) is 0 Å². The van der Waals surface area contributed by atoms with Gasteiger partial charge in [0.15, 0.2) is 0 Å². The number of fused-ring (bicyclic) bond motifs is 1. The average molecular weight is 411 g/mol. The fourth-order valence-electron chi connectivity index (χ4n) is 3.49. The van der Waals surface area contributed by atoms with E-state index in [-0.39, 0.29) is 11.5 Å². The van der Waals surface area contributed by atoms with E-state index in [4.69, 9.17) is 9.47 Å². The number of ketones is 1. The third-order valence-electron chi connectivity index (χ3n) is 4.95. The van der Waals surface area contributed by atoms with Gasteiger partial charge in [0.05, 0.1) is 22.5 Å². The minimum Gasteiger partial charge on any atom is -0.508 e. The zero-order chi connectivity index (χ0) is 20.4. The molecular weight excluding hydrogens is 390 g/mol. The van der Waals surface area contributed by atoms with Crippen LogP contribution < -0.4 is 9.47 Å². The molecule has 0 saturated carbocycles. The lowest BCUT2D eigenvalue weighted by Gasteiger charge is -2.26. The average Bonchev–Trinajstić information content (AvgIpc) is 3.06. The molecule has 2 aliphatic rings. The Bertz CT molecular complexity index is 995. The first-order valence-electron chi connectivity index (χ1n) is 9.48. The molecule has 0 atom stereocenters. The number of methoxy groups -OCH3 is 1. The Morgan fingerprint density at radius 2 is 1.90 bits per heavy atom. The van der Waals surface area contributed by atoms with Crippen molar-refractivity contribution in [1.82, 2.24) is 4.90 Å². The fraction of sp³-hybridized carbons (Fsp3) is 0.273. The van der Waals surface area contributed by atoms with Gasteiger partial charge in [0, 0.05) is 13.1 Å². The van der Waals surface area contributed by atoms with Crippen LogP contribution in [0.5, 0.6) is 17.2 Å². The molecule has 0 aliphatic carbocycles. The van der Waals surface area contributed by atoms with Crippen molar-refractivity contribution in [2.75, 3.05) is 20.2 Å². The third kappa shape index (κ3) is 3.96. The van der Waals surface area contributed by atoms with Gasteiger partial charge in [0.1, 0.15) is 17.2 Å². The predicted molar refractivity (Wildman–Crippen MR) is 111 cm³/mol. The van der Waals surface area contributed by atoms with Gasteiger partial charge >= 0.3 is 6.09 Å². The maximum atomic E-state index is 13.0. The van der Waals surface area contributed by atoms with Gasteiger partial charge in [-0.25, -0.2) is 4.79 Å². The first-order valence-corrected chi connectivity index (χ1v) is 10.3. The Kier molecular flexibility index (Phi) is 5.49. The maximum Gasteiger partial charge on any atom is 0.415 e. The molecule has 2 aromatic rings. The van der Waals surface area contributed by atoms with Gasteiger partial charge < -0.3 is 19.5 Å². The van der Waals surface area contributed by atoms with Crippen LogP contribution in [-0.2, 0) is 0 Å². The number of aromatic hydroxyl groups is 1. The van der Waals surface area contributed by atoms with Gasteiger partial charge in [0.2, 0.25) is 5.78 Å². The smallest absolute Gasteiger partial charge is 0.415 e. The highest BCUT2D eigenvalue weighted by Crippen LogP contribution is 2.49. The molecule has 0 spiro atoms. The number of hydrogen-bond acceptors (Lipinski definition) is 6. The van der Waals surface area contributed by atoms with Crippen LogP contribution in [0.15, 0.2) is 46.2 Å². The molecule has 2 heterocycles. The molecule has 150 valence electrons. The molecule has 29 heavy (non-hydrogen) atoms. The van der Waals surface area contributed by atoms with E-state index in [1.807, 2.05) is 0 Å². The SMILES string of the molecule is COc1ccc(OC(=O)N2CCCCC2)c2c1C(=O)/C(=C/c1cccc(O)c1)S2. The summed E-state index contributed by atoms with van der Waals surface area (Å²) in [5, 5.41) is 9.67. The summed E-state index contributed by atoms with van der Waals surface area (Å²) in [7, 11) is 1.50. The van der Waals surface area contributed by atoms with Crippen molar-refractivity contribution in [3.8, 4) is 17.2 Å². The summed E-state index contributed by atoms with van der Waals surface area (Å²) in [5.74, 6) is 0.728. The fourth-order valence-corrected chi connectivity index (χ4v) is 4.60. The molecule has 2 aliphatic heterocycles. The molecule has 1 N–H and O–H groups in total.